The molecule has 2 aromatic carbocycles. The summed E-state index contributed by atoms with van der Waals surface area (Å²) in [6.45, 7) is 28.7. The van der Waals surface area contributed by atoms with Crippen molar-refractivity contribution in [1.29, 1.82) is 0 Å². The van der Waals surface area contributed by atoms with E-state index in [1.165, 1.54) is 35.8 Å². The van der Waals surface area contributed by atoms with E-state index in [9.17, 15) is 0 Å². The summed E-state index contributed by atoms with van der Waals surface area (Å²) in [7, 11) is -0.130. The van der Waals surface area contributed by atoms with Gasteiger partial charge in [0.15, 0.2) is 0 Å². The van der Waals surface area contributed by atoms with Crippen LogP contribution in [0.5, 0.6) is 0 Å². The van der Waals surface area contributed by atoms with Crippen molar-refractivity contribution in [2.24, 2.45) is 0 Å². The maximum atomic E-state index is 2.50. The Labute approximate surface area is 189 Å². The molecule has 2 heteroatoms. The highest BCUT2D eigenvalue weighted by Crippen LogP contribution is 2.36. The highest BCUT2D eigenvalue weighted by Gasteiger charge is 2.30. The maximum Gasteiger partial charge on any atom is 0.0843 e. The molecule has 0 fully saturated rings. The Morgan fingerprint density at radius 3 is 1.43 bits per heavy atom. The minimum atomic E-state index is -1.52. The van der Waals surface area contributed by atoms with Gasteiger partial charge in [-0.2, -0.15) is 0 Å². The summed E-state index contributed by atoms with van der Waals surface area (Å²) < 4.78 is 0. The lowest BCUT2D eigenvalue weighted by atomic mass is 9.75. The number of hydrogen-bond acceptors (Lipinski definition) is 0. The van der Waals surface area contributed by atoms with Gasteiger partial charge < -0.3 is 0 Å². The van der Waals surface area contributed by atoms with Gasteiger partial charge in [0.2, 0.25) is 0 Å². The normalized spacial score (nSPS) is 14.2. The molecule has 0 bridgehead atoms. The first kappa shape index (κ1) is 25.1. The van der Waals surface area contributed by atoms with Crippen molar-refractivity contribution in [2.45, 2.75) is 98.2 Å². The van der Waals surface area contributed by atoms with Crippen molar-refractivity contribution >= 4 is 26.5 Å². The maximum absolute atomic E-state index is 2.50. The van der Waals surface area contributed by atoms with E-state index in [1.54, 1.807) is 4.92 Å². The molecule has 0 saturated carbocycles. The Hall–Kier alpha value is -1.17. The molecule has 0 unspecified atom stereocenters. The molecule has 0 aromatic heterocycles. The fourth-order valence-electron chi connectivity index (χ4n) is 3.70. The molecule has 0 aliphatic rings. The molecule has 0 heterocycles. The van der Waals surface area contributed by atoms with Crippen LogP contribution in [-0.4, -0.2) is 13.0 Å². The molecule has 0 saturated heterocycles. The van der Waals surface area contributed by atoms with Crippen LogP contribution in [0.2, 0.25) is 19.6 Å². The molecular weight excluding hydrogens is 395 g/mol. The molecule has 2 rings (SSSR count). The zero-order chi connectivity index (χ0) is 23.1. The topological polar surface area (TPSA) is 0 Å². The van der Waals surface area contributed by atoms with Crippen molar-refractivity contribution in [2.75, 3.05) is 0 Å². The third-order valence-corrected chi connectivity index (χ3v) is 10.8. The lowest BCUT2D eigenvalue weighted by Crippen LogP contribution is -2.35. The highest BCUT2D eigenvalue weighted by atomic mass is 31.1. The van der Waals surface area contributed by atoms with Crippen LogP contribution in [0, 0.1) is 0 Å². The Kier molecular flexibility index (Phi) is 7.03. The Balaban J connectivity index is 3.00. The summed E-state index contributed by atoms with van der Waals surface area (Å²) in [4.78, 5) is 1.63. The first-order valence-electron chi connectivity index (χ1n) is 11.3. The fraction of sp³-hybridized carbons (Fsp3) is 0.536. The van der Waals surface area contributed by atoms with Gasteiger partial charge in [-0.15, -0.1) is 0 Å². The van der Waals surface area contributed by atoms with Crippen molar-refractivity contribution in [1.82, 2.24) is 0 Å². The average molecular weight is 439 g/mol. The van der Waals surface area contributed by atoms with Gasteiger partial charge in [-0.1, -0.05) is 133 Å². The molecule has 0 N–H and O–H groups in total. The van der Waals surface area contributed by atoms with Crippen LogP contribution >= 0.6 is 8.20 Å². The lowest BCUT2D eigenvalue weighted by Gasteiger charge is -2.33. The van der Waals surface area contributed by atoms with E-state index in [4.69, 9.17) is 0 Å². The van der Waals surface area contributed by atoms with Crippen LogP contribution in [0.25, 0.3) is 0 Å². The van der Waals surface area contributed by atoms with Gasteiger partial charge in [-0.3, -0.25) is 0 Å². The van der Waals surface area contributed by atoms with E-state index < -0.39 is 8.07 Å². The molecule has 2 aromatic rings. The summed E-state index contributed by atoms with van der Waals surface area (Å²) in [6.07, 6.45) is 0. The average Bonchev–Trinajstić information content (AvgIpc) is 2.56. The van der Waals surface area contributed by atoms with Gasteiger partial charge in [0.1, 0.15) is 0 Å². The number of rotatable bonds is 3. The predicted octanol–water partition coefficient (Wildman–Crippen LogP) is 8.25. The van der Waals surface area contributed by atoms with Crippen LogP contribution in [0.3, 0.4) is 0 Å². The van der Waals surface area contributed by atoms with E-state index >= 15 is 0 Å². The van der Waals surface area contributed by atoms with Gasteiger partial charge in [-0.05, 0) is 43.4 Å². The quantitative estimate of drug-likeness (QED) is 0.334. The Morgan fingerprint density at radius 1 is 0.667 bits per heavy atom. The number of benzene rings is 2. The van der Waals surface area contributed by atoms with E-state index in [0.717, 1.165) is 0 Å². The minimum absolute atomic E-state index is 0.102. The second-order valence-corrected chi connectivity index (χ2v) is 19.3. The summed E-state index contributed by atoms with van der Waals surface area (Å²) in [5.41, 5.74) is 6.22. The van der Waals surface area contributed by atoms with Gasteiger partial charge in [-0.25, -0.2) is 0 Å². The van der Waals surface area contributed by atoms with E-state index in [-0.39, 0.29) is 16.2 Å². The molecule has 0 radical (unpaired) electrons. The molecule has 0 nitrogen and oxygen atoms in total. The van der Waals surface area contributed by atoms with E-state index in [1.807, 2.05) is 0 Å². The smallest absolute Gasteiger partial charge is 0.0682 e. The molecule has 164 valence electrons. The second kappa shape index (κ2) is 8.40. The summed E-state index contributed by atoms with van der Waals surface area (Å²) in [6, 6.07) is 16.1. The molecule has 30 heavy (non-hydrogen) atoms. The summed E-state index contributed by atoms with van der Waals surface area (Å²) in [5.74, 6) is 0. The molecule has 0 aliphatic carbocycles. The van der Waals surface area contributed by atoms with E-state index in [2.05, 4.69) is 124 Å². The third kappa shape index (κ3) is 5.95. The van der Waals surface area contributed by atoms with Crippen molar-refractivity contribution in [3.05, 3.63) is 64.7 Å². The fourth-order valence-corrected chi connectivity index (χ4v) is 7.96. The van der Waals surface area contributed by atoms with Crippen molar-refractivity contribution < 1.29 is 0 Å². The predicted molar refractivity (Wildman–Crippen MR) is 143 cm³/mol. The summed E-state index contributed by atoms with van der Waals surface area (Å²) >= 11 is 0. The molecule has 0 spiro atoms. The van der Waals surface area contributed by atoms with Gasteiger partial charge >= 0.3 is 0 Å². The largest absolute Gasteiger partial charge is 0.0843 e. The van der Waals surface area contributed by atoms with Crippen LogP contribution in [0.1, 0.15) is 84.6 Å². The molecular formula is C28H43PSi. The summed E-state index contributed by atoms with van der Waals surface area (Å²) in [5, 5.41) is 1.53. The third-order valence-electron chi connectivity index (χ3n) is 5.57. The highest BCUT2D eigenvalue weighted by molar-refractivity contribution is 7.58. The molecule has 0 aliphatic heterocycles. The van der Waals surface area contributed by atoms with Crippen molar-refractivity contribution in [3.8, 4) is 0 Å². The standard InChI is InChI=1S/C28H43PSi/c1-26(2,3)21-18-22(27(4,5)6)24(23(19-21)28(7,8)9)29-25(30(10,11)12)20-16-14-13-15-17-20/h13-19H,1-12H3. The van der Waals surface area contributed by atoms with Gasteiger partial charge in [0.25, 0.3) is 0 Å². The SMILES string of the molecule is CC(C)(C)c1cc(C(C)(C)C)c(P=C(c2ccccc2)[Si](C)(C)C)c(C(C)(C)C)c1. The number of hydrogen-bond donors (Lipinski definition) is 0. The molecule has 0 amide bonds. The van der Waals surface area contributed by atoms with Crippen molar-refractivity contribution in [3.63, 3.8) is 0 Å². The second-order valence-electron chi connectivity index (χ2n) is 12.7. The van der Waals surface area contributed by atoms with E-state index in [0.29, 0.717) is 0 Å². The van der Waals surface area contributed by atoms with Gasteiger partial charge in [0, 0.05) is 5.30 Å². The van der Waals surface area contributed by atoms with Crippen LogP contribution < -0.4 is 5.30 Å². The van der Waals surface area contributed by atoms with Gasteiger partial charge in [0.05, 0.1) is 8.07 Å². The zero-order valence-corrected chi connectivity index (χ0v) is 23.4. The monoisotopic (exact) mass is 438 g/mol. The first-order valence-corrected chi connectivity index (χ1v) is 15.7. The Morgan fingerprint density at radius 2 is 1.10 bits per heavy atom. The molecule has 0 atom stereocenters. The zero-order valence-electron chi connectivity index (χ0n) is 21.5. The first-order chi connectivity index (χ1) is 13.4. The van der Waals surface area contributed by atoms with Crippen LogP contribution in [0.15, 0.2) is 42.5 Å². The van der Waals surface area contributed by atoms with Crippen LogP contribution in [-0.2, 0) is 16.2 Å². The lowest BCUT2D eigenvalue weighted by molar-refractivity contribution is 0.554. The minimum Gasteiger partial charge on any atom is -0.0682 e. The van der Waals surface area contributed by atoms with Crippen LogP contribution in [0.4, 0.5) is 0 Å². The Bertz CT molecular complexity index is 873.